The molecule has 0 fully saturated rings. The first-order chi connectivity index (χ1) is 12.3. The Hall–Kier alpha value is -2.31. The Balaban J connectivity index is 1.78. The Labute approximate surface area is 154 Å². The van der Waals surface area contributed by atoms with Crippen molar-refractivity contribution in [3.8, 4) is 17.4 Å². The molecule has 0 saturated carbocycles. The highest BCUT2D eigenvalue weighted by Crippen LogP contribution is 2.46. The molecule has 3 rings (SSSR count). The normalized spacial score (nSPS) is 17.2. The lowest BCUT2D eigenvalue weighted by molar-refractivity contribution is 0.170. The van der Waals surface area contributed by atoms with Gasteiger partial charge in [-0.25, -0.2) is 4.98 Å². The largest absolute Gasteiger partial charge is 0.492 e. The molecule has 2 unspecified atom stereocenters. The first kappa shape index (κ1) is 18.5. The predicted molar refractivity (Wildman–Crippen MR) is 102 cm³/mol. The summed E-state index contributed by atoms with van der Waals surface area (Å²) in [7, 11) is 0. The van der Waals surface area contributed by atoms with E-state index in [1.165, 1.54) is 0 Å². The second-order valence-electron chi connectivity index (χ2n) is 7.41. The number of aromatic nitrogens is 1. The maximum atomic E-state index is 9.96. The molecule has 1 aliphatic rings. The van der Waals surface area contributed by atoms with E-state index in [-0.39, 0.29) is 11.5 Å². The van der Waals surface area contributed by atoms with E-state index < -0.39 is 6.23 Å². The summed E-state index contributed by atoms with van der Waals surface area (Å²) in [4.78, 5) is 4.33. The van der Waals surface area contributed by atoms with Crippen LogP contribution in [0.4, 0.5) is 5.69 Å². The zero-order valence-electron chi connectivity index (χ0n) is 15.7. The average Bonchev–Trinajstić information content (AvgIpc) is 2.95. The van der Waals surface area contributed by atoms with E-state index in [1.54, 1.807) is 12.3 Å². The smallest absolute Gasteiger partial charge is 0.219 e. The van der Waals surface area contributed by atoms with Crippen molar-refractivity contribution in [3.05, 3.63) is 41.6 Å². The van der Waals surface area contributed by atoms with E-state index >= 15 is 0 Å². The average molecular weight is 357 g/mol. The minimum absolute atomic E-state index is 0.113. The number of hydrogen-bond acceptors (Lipinski definition) is 6. The van der Waals surface area contributed by atoms with Crippen molar-refractivity contribution < 1.29 is 14.6 Å². The Morgan fingerprint density at radius 3 is 2.77 bits per heavy atom. The molecule has 4 N–H and O–H groups in total. The number of pyridine rings is 1. The fraction of sp³-hybridized carbons (Fsp3) is 0.450. The first-order valence-electron chi connectivity index (χ1n) is 8.93. The van der Waals surface area contributed by atoms with Gasteiger partial charge in [0.1, 0.15) is 17.7 Å². The van der Waals surface area contributed by atoms with Crippen molar-refractivity contribution in [1.29, 1.82) is 0 Å². The number of aliphatic hydroxyl groups excluding tert-OH is 1. The van der Waals surface area contributed by atoms with Crippen LogP contribution in [0, 0.1) is 6.92 Å². The molecule has 0 bridgehead atoms. The highest BCUT2D eigenvalue weighted by molar-refractivity contribution is 5.56. The summed E-state index contributed by atoms with van der Waals surface area (Å²) < 4.78 is 11.9. The monoisotopic (exact) mass is 357 g/mol. The van der Waals surface area contributed by atoms with Gasteiger partial charge in [-0.05, 0) is 31.0 Å². The number of nitrogens with one attached hydrogen (secondary N) is 1. The lowest BCUT2D eigenvalue weighted by Gasteiger charge is -2.20. The fourth-order valence-electron chi connectivity index (χ4n) is 3.05. The van der Waals surface area contributed by atoms with Gasteiger partial charge < -0.3 is 25.6 Å². The molecule has 140 valence electrons. The van der Waals surface area contributed by atoms with Gasteiger partial charge in [0, 0.05) is 23.1 Å². The van der Waals surface area contributed by atoms with Crippen molar-refractivity contribution in [2.45, 2.75) is 51.8 Å². The van der Waals surface area contributed by atoms with Crippen LogP contribution < -0.4 is 20.5 Å². The molecule has 6 heteroatoms. The van der Waals surface area contributed by atoms with E-state index in [1.807, 2.05) is 32.0 Å². The van der Waals surface area contributed by atoms with Gasteiger partial charge in [-0.2, -0.15) is 0 Å². The number of nitrogens with zero attached hydrogens (tertiary/aromatic N) is 1. The molecular weight excluding hydrogens is 330 g/mol. The van der Waals surface area contributed by atoms with E-state index in [2.05, 4.69) is 24.1 Å². The predicted octanol–water partition coefficient (Wildman–Crippen LogP) is 3.32. The summed E-state index contributed by atoms with van der Waals surface area (Å²) in [5, 5.41) is 12.9. The van der Waals surface area contributed by atoms with E-state index in [0.29, 0.717) is 24.6 Å². The van der Waals surface area contributed by atoms with Crippen LogP contribution >= 0.6 is 0 Å². The Bertz CT molecular complexity index is 775. The number of benzene rings is 1. The Kier molecular flexibility index (Phi) is 5.07. The number of ether oxygens (including phenoxy) is 2. The third-order valence-corrected chi connectivity index (χ3v) is 4.71. The summed E-state index contributed by atoms with van der Waals surface area (Å²) in [6, 6.07) is 7.20. The highest BCUT2D eigenvalue weighted by Gasteiger charge is 2.36. The van der Waals surface area contributed by atoms with Gasteiger partial charge in [-0.3, -0.25) is 0 Å². The summed E-state index contributed by atoms with van der Waals surface area (Å²) >= 11 is 0. The zero-order chi connectivity index (χ0) is 18.9. The summed E-state index contributed by atoms with van der Waals surface area (Å²) in [5.74, 6) is 2.15. The number of aryl methyl sites for hydroxylation is 1. The molecule has 6 nitrogen and oxygen atoms in total. The Morgan fingerprint density at radius 1 is 1.35 bits per heavy atom. The molecule has 1 aromatic heterocycles. The van der Waals surface area contributed by atoms with Gasteiger partial charge in [0.05, 0.1) is 18.5 Å². The number of fused-ring (bicyclic) bond motifs is 1. The number of nitrogens with two attached hydrogens (primary N) is 1. The molecule has 1 aromatic carbocycles. The molecule has 2 aromatic rings. The van der Waals surface area contributed by atoms with Crippen LogP contribution in [0.1, 0.15) is 38.3 Å². The van der Waals surface area contributed by atoms with E-state index in [9.17, 15) is 5.11 Å². The van der Waals surface area contributed by atoms with Crippen molar-refractivity contribution in [2.75, 3.05) is 11.9 Å². The SMILES string of the molecule is CCC(N)C(O)Nc1ccc(Oc2ccc(C)c3c2C(C)(C)CO3)nc1. The molecule has 0 amide bonds. The molecule has 0 aliphatic carbocycles. The lowest BCUT2D eigenvalue weighted by Crippen LogP contribution is -2.39. The first-order valence-corrected chi connectivity index (χ1v) is 8.93. The molecule has 1 aliphatic heterocycles. The van der Waals surface area contributed by atoms with Crippen LogP contribution in [0.3, 0.4) is 0 Å². The number of anilines is 1. The standard InChI is InChI=1S/C20H27N3O3/c1-5-14(21)19(24)23-13-7-9-16(22-10-13)26-15-8-6-12(2)18-17(15)20(3,4)11-25-18/h6-10,14,19,23-24H,5,11,21H2,1-4H3. The quantitative estimate of drug-likeness (QED) is 0.687. The molecule has 26 heavy (non-hydrogen) atoms. The van der Waals surface area contributed by atoms with Crippen LogP contribution in [0.25, 0.3) is 0 Å². The second-order valence-corrected chi connectivity index (χ2v) is 7.41. The van der Waals surface area contributed by atoms with Crippen molar-refractivity contribution in [2.24, 2.45) is 5.73 Å². The van der Waals surface area contributed by atoms with E-state index in [0.717, 1.165) is 22.6 Å². The van der Waals surface area contributed by atoms with Crippen LogP contribution in [0.2, 0.25) is 0 Å². The molecule has 2 heterocycles. The summed E-state index contributed by atoms with van der Waals surface area (Å²) in [6.07, 6.45) is 1.49. The summed E-state index contributed by atoms with van der Waals surface area (Å²) in [6.45, 7) is 8.88. The second kappa shape index (κ2) is 7.13. The van der Waals surface area contributed by atoms with Crippen molar-refractivity contribution >= 4 is 5.69 Å². The maximum absolute atomic E-state index is 9.96. The number of rotatable bonds is 6. The van der Waals surface area contributed by atoms with E-state index in [4.69, 9.17) is 15.2 Å². The van der Waals surface area contributed by atoms with Crippen LogP contribution in [-0.2, 0) is 5.41 Å². The van der Waals surface area contributed by atoms with Crippen molar-refractivity contribution in [3.63, 3.8) is 0 Å². The van der Waals surface area contributed by atoms with Gasteiger partial charge >= 0.3 is 0 Å². The van der Waals surface area contributed by atoms with Gasteiger partial charge in [0.2, 0.25) is 5.88 Å². The minimum Gasteiger partial charge on any atom is -0.492 e. The number of aliphatic hydroxyl groups is 1. The lowest BCUT2D eigenvalue weighted by atomic mass is 9.85. The van der Waals surface area contributed by atoms with Crippen LogP contribution in [-0.4, -0.2) is 29.0 Å². The summed E-state index contributed by atoms with van der Waals surface area (Å²) in [5.41, 5.74) is 8.57. The highest BCUT2D eigenvalue weighted by atomic mass is 16.5. The Morgan fingerprint density at radius 2 is 2.12 bits per heavy atom. The fourth-order valence-corrected chi connectivity index (χ4v) is 3.05. The molecule has 0 radical (unpaired) electrons. The number of hydrogen-bond donors (Lipinski definition) is 3. The van der Waals surface area contributed by atoms with Gasteiger partial charge in [-0.15, -0.1) is 0 Å². The van der Waals surface area contributed by atoms with Crippen molar-refractivity contribution in [1.82, 2.24) is 4.98 Å². The van der Waals surface area contributed by atoms with Crippen LogP contribution in [0.15, 0.2) is 30.5 Å². The van der Waals surface area contributed by atoms with Gasteiger partial charge in [0.15, 0.2) is 0 Å². The maximum Gasteiger partial charge on any atom is 0.219 e. The molecular formula is C20H27N3O3. The molecule has 0 spiro atoms. The van der Waals surface area contributed by atoms with Gasteiger partial charge in [0.25, 0.3) is 0 Å². The topological polar surface area (TPSA) is 89.6 Å². The molecule has 2 atom stereocenters. The zero-order valence-corrected chi connectivity index (χ0v) is 15.7. The third-order valence-electron chi connectivity index (χ3n) is 4.71. The third kappa shape index (κ3) is 3.61. The minimum atomic E-state index is -0.813. The molecule has 0 saturated heterocycles. The van der Waals surface area contributed by atoms with Gasteiger partial charge in [-0.1, -0.05) is 26.8 Å². The van der Waals surface area contributed by atoms with Crippen LogP contribution in [0.5, 0.6) is 17.4 Å².